The number of fused-ring (bicyclic) bond motifs is 2. The van der Waals surface area contributed by atoms with Crippen molar-refractivity contribution in [2.75, 3.05) is 23.8 Å². The molecular weight excluding hydrogens is 474 g/mol. The number of aromatic nitrogens is 4. The minimum atomic E-state index is -0.608. The number of nitrogens with zero attached hydrogens (tertiary/aromatic N) is 2. The third-order valence-corrected chi connectivity index (χ3v) is 6.21. The minimum absolute atomic E-state index is 0.163. The number of hydrogen-bond acceptors (Lipinski definition) is 8. The molecule has 194 valence electrons. The molecule has 0 aliphatic carbocycles. The van der Waals surface area contributed by atoms with Crippen LogP contribution in [0.15, 0.2) is 41.5 Å². The molecule has 1 aliphatic heterocycles. The molecule has 37 heavy (non-hydrogen) atoms. The van der Waals surface area contributed by atoms with Gasteiger partial charge in [-0.3, -0.25) is 4.79 Å². The normalized spacial score (nSPS) is 18.1. The summed E-state index contributed by atoms with van der Waals surface area (Å²) in [4.78, 5) is 33.2. The fourth-order valence-electron chi connectivity index (χ4n) is 4.51. The van der Waals surface area contributed by atoms with Gasteiger partial charge in [0.25, 0.3) is 5.56 Å². The van der Waals surface area contributed by atoms with Crippen molar-refractivity contribution < 1.29 is 14.3 Å². The highest BCUT2D eigenvalue weighted by atomic mass is 16.6. The number of nitrogens with one attached hydrogen (secondary N) is 5. The molecule has 1 fully saturated rings. The van der Waals surface area contributed by atoms with E-state index in [1.54, 1.807) is 12.3 Å². The second-order valence-electron chi connectivity index (χ2n) is 10.2. The van der Waals surface area contributed by atoms with Crippen LogP contribution >= 0.6 is 0 Å². The van der Waals surface area contributed by atoms with Crippen LogP contribution in [0.4, 0.5) is 22.1 Å². The molecule has 5 rings (SSSR count). The molecule has 4 aromatic rings. The second-order valence-corrected chi connectivity index (χ2v) is 10.2. The van der Waals surface area contributed by atoms with Crippen LogP contribution in [0.2, 0.25) is 0 Å². The molecule has 0 bridgehead atoms. The molecule has 0 saturated carbocycles. The molecule has 4 heterocycles. The van der Waals surface area contributed by atoms with Gasteiger partial charge < -0.3 is 30.4 Å². The highest BCUT2D eigenvalue weighted by Crippen LogP contribution is 2.30. The number of ether oxygens (including phenoxy) is 2. The number of carbonyl (C=O) groups is 1. The maximum atomic E-state index is 12.7. The molecule has 5 N–H and O–H groups in total. The fraction of sp³-hybridized carbons (Fsp3) is 0.385. The Balaban J connectivity index is 1.47. The Kier molecular flexibility index (Phi) is 6.46. The quantitative estimate of drug-likeness (QED) is 0.274. The minimum Gasteiger partial charge on any atom is -0.444 e. The van der Waals surface area contributed by atoms with Crippen molar-refractivity contribution in [1.29, 1.82) is 0 Å². The van der Waals surface area contributed by atoms with Gasteiger partial charge in [-0.2, -0.15) is 5.10 Å². The molecule has 1 amide bonds. The van der Waals surface area contributed by atoms with E-state index in [9.17, 15) is 9.59 Å². The van der Waals surface area contributed by atoms with Crippen molar-refractivity contribution in [2.24, 2.45) is 0 Å². The van der Waals surface area contributed by atoms with Gasteiger partial charge in [0.05, 0.1) is 41.5 Å². The smallest absolute Gasteiger partial charge is 0.408 e. The molecule has 1 aromatic carbocycles. The first-order valence-corrected chi connectivity index (χ1v) is 12.2. The van der Waals surface area contributed by atoms with Crippen LogP contribution < -0.4 is 21.5 Å². The van der Waals surface area contributed by atoms with Gasteiger partial charge in [0.2, 0.25) is 0 Å². The van der Waals surface area contributed by atoms with E-state index in [0.29, 0.717) is 42.0 Å². The van der Waals surface area contributed by atoms with Crippen molar-refractivity contribution >= 4 is 45.1 Å². The number of aryl methyl sites for hydroxylation is 1. The van der Waals surface area contributed by atoms with Crippen molar-refractivity contribution in [2.45, 2.75) is 51.8 Å². The number of amides is 1. The maximum absolute atomic E-state index is 12.7. The van der Waals surface area contributed by atoms with Crippen molar-refractivity contribution in [3.05, 3.63) is 52.6 Å². The van der Waals surface area contributed by atoms with E-state index in [0.717, 1.165) is 22.2 Å². The average molecular weight is 506 g/mol. The van der Waals surface area contributed by atoms with Gasteiger partial charge in [0.15, 0.2) is 0 Å². The molecule has 0 radical (unpaired) electrons. The summed E-state index contributed by atoms with van der Waals surface area (Å²) in [6, 6.07) is 7.21. The Hall–Kier alpha value is -4.12. The summed E-state index contributed by atoms with van der Waals surface area (Å²) in [5, 5.41) is 18.3. The first kappa shape index (κ1) is 24.6. The highest BCUT2D eigenvalue weighted by Gasteiger charge is 2.29. The number of rotatable bonds is 5. The van der Waals surface area contributed by atoms with Crippen LogP contribution in [0, 0.1) is 6.92 Å². The van der Waals surface area contributed by atoms with E-state index in [1.807, 2.05) is 52.1 Å². The number of benzene rings is 1. The van der Waals surface area contributed by atoms with Crippen LogP contribution in [0.25, 0.3) is 21.7 Å². The van der Waals surface area contributed by atoms with E-state index < -0.39 is 11.7 Å². The lowest BCUT2D eigenvalue weighted by Crippen LogP contribution is -2.53. The van der Waals surface area contributed by atoms with Crippen LogP contribution in [-0.4, -0.2) is 57.2 Å². The van der Waals surface area contributed by atoms with Crippen LogP contribution in [0.1, 0.15) is 32.8 Å². The predicted octanol–water partition coefficient (Wildman–Crippen LogP) is 3.95. The average Bonchev–Trinajstić information content (AvgIpc) is 3.21. The Bertz CT molecular complexity index is 1500. The number of para-hydroxylation sites is 1. The van der Waals surface area contributed by atoms with E-state index >= 15 is 0 Å². The standard InChI is InChI=1S/C26H31N7O4/c1-14-11-27-22-16(14)6-5-7-18(22)30-23-21-15(12-28-33-24(21)34)10-20(32-23)29-17-8-9-36-13-19(17)31-25(35)37-26(2,3)4/h5-7,10-12,17,19,27H,8-9,13H2,1-4H3,(H,31,35)(H,33,34)(H2,29,30,32). The van der Waals surface area contributed by atoms with Gasteiger partial charge in [-0.1, -0.05) is 12.1 Å². The summed E-state index contributed by atoms with van der Waals surface area (Å²) >= 11 is 0. The highest BCUT2D eigenvalue weighted by molar-refractivity contribution is 5.99. The van der Waals surface area contributed by atoms with Gasteiger partial charge in [0.1, 0.15) is 17.2 Å². The Morgan fingerprint density at radius 1 is 1.24 bits per heavy atom. The van der Waals surface area contributed by atoms with Gasteiger partial charge in [-0.25, -0.2) is 14.9 Å². The van der Waals surface area contributed by atoms with Crippen LogP contribution in [-0.2, 0) is 9.47 Å². The fourth-order valence-corrected chi connectivity index (χ4v) is 4.51. The van der Waals surface area contributed by atoms with E-state index in [1.165, 1.54) is 0 Å². The lowest BCUT2D eigenvalue weighted by atomic mass is 10.0. The molecule has 11 nitrogen and oxygen atoms in total. The van der Waals surface area contributed by atoms with E-state index in [2.05, 4.69) is 31.1 Å². The van der Waals surface area contributed by atoms with Crippen molar-refractivity contribution in [3.8, 4) is 0 Å². The van der Waals surface area contributed by atoms with Gasteiger partial charge in [-0.15, -0.1) is 0 Å². The topological polar surface area (TPSA) is 146 Å². The lowest BCUT2D eigenvalue weighted by Gasteiger charge is -2.33. The second kappa shape index (κ2) is 9.74. The Morgan fingerprint density at radius 3 is 2.89 bits per heavy atom. The van der Waals surface area contributed by atoms with Crippen molar-refractivity contribution in [1.82, 2.24) is 25.5 Å². The molecule has 0 spiro atoms. The zero-order valence-electron chi connectivity index (χ0n) is 21.3. The molecule has 2 atom stereocenters. The van der Waals surface area contributed by atoms with Crippen molar-refractivity contribution in [3.63, 3.8) is 0 Å². The Morgan fingerprint density at radius 2 is 2.08 bits per heavy atom. The number of anilines is 3. The third-order valence-electron chi connectivity index (χ3n) is 6.21. The monoisotopic (exact) mass is 505 g/mol. The zero-order chi connectivity index (χ0) is 26.2. The van der Waals surface area contributed by atoms with Crippen LogP contribution in [0.3, 0.4) is 0 Å². The molecule has 1 aliphatic rings. The number of aromatic amines is 2. The maximum Gasteiger partial charge on any atom is 0.408 e. The molecule has 2 unspecified atom stereocenters. The molecule has 1 saturated heterocycles. The largest absolute Gasteiger partial charge is 0.444 e. The summed E-state index contributed by atoms with van der Waals surface area (Å²) in [7, 11) is 0. The first-order chi connectivity index (χ1) is 17.7. The number of hydrogen-bond donors (Lipinski definition) is 5. The number of H-pyrrole nitrogens is 2. The lowest BCUT2D eigenvalue weighted by molar-refractivity contribution is 0.0318. The Labute approximate surface area is 213 Å². The first-order valence-electron chi connectivity index (χ1n) is 12.2. The summed E-state index contributed by atoms with van der Waals surface area (Å²) in [6.45, 7) is 8.37. The van der Waals surface area contributed by atoms with E-state index in [-0.39, 0.29) is 17.6 Å². The SMILES string of the molecule is Cc1c[nH]c2c(Nc3nc(NC4CCOCC4NC(=O)OC(C)(C)C)cc4cn[nH]c(=O)c34)cccc12. The molecule has 11 heteroatoms. The summed E-state index contributed by atoms with van der Waals surface area (Å²) in [6.07, 6.45) is 3.68. The zero-order valence-corrected chi connectivity index (χ0v) is 21.3. The molecule has 3 aromatic heterocycles. The number of alkyl carbamates (subject to hydrolysis) is 1. The number of carbonyl (C=O) groups excluding carboxylic acids is 1. The number of pyridine rings is 1. The summed E-state index contributed by atoms with van der Waals surface area (Å²) in [5.41, 5.74) is 1.89. The van der Waals surface area contributed by atoms with Gasteiger partial charge in [-0.05, 0) is 51.8 Å². The van der Waals surface area contributed by atoms with Gasteiger partial charge in [0, 0.05) is 23.6 Å². The summed E-state index contributed by atoms with van der Waals surface area (Å²) in [5.74, 6) is 0.937. The van der Waals surface area contributed by atoms with Crippen LogP contribution in [0.5, 0.6) is 0 Å². The third kappa shape index (κ3) is 5.36. The predicted molar refractivity (Wildman–Crippen MR) is 142 cm³/mol. The van der Waals surface area contributed by atoms with E-state index in [4.69, 9.17) is 14.5 Å². The summed E-state index contributed by atoms with van der Waals surface area (Å²) < 4.78 is 11.0. The molecular formula is C26H31N7O4. The van der Waals surface area contributed by atoms with Gasteiger partial charge >= 0.3 is 6.09 Å².